The molecule has 2 nitrogen and oxygen atoms in total. The van der Waals surface area contributed by atoms with Gasteiger partial charge in [0.1, 0.15) is 0 Å². The van der Waals surface area contributed by atoms with Gasteiger partial charge in [-0.1, -0.05) is 12.5 Å². The fraction of sp³-hybridized carbons (Fsp3) is 0.545. The number of hydrogen-bond acceptors (Lipinski definition) is 3. The number of aromatic nitrogens is 1. The monoisotopic (exact) mass is 208 g/mol. The molecule has 1 fully saturated rings. The van der Waals surface area contributed by atoms with Crippen LogP contribution >= 0.6 is 11.8 Å². The number of nitrogens with zero attached hydrogens (tertiary/aromatic N) is 1. The summed E-state index contributed by atoms with van der Waals surface area (Å²) in [6.07, 6.45) is 7.96. The lowest BCUT2D eigenvalue weighted by molar-refractivity contribution is 0.411. The number of piperidine rings is 1. The van der Waals surface area contributed by atoms with Crippen LogP contribution in [0.2, 0.25) is 0 Å². The quantitative estimate of drug-likeness (QED) is 0.756. The van der Waals surface area contributed by atoms with Crippen molar-refractivity contribution in [2.24, 2.45) is 0 Å². The van der Waals surface area contributed by atoms with Crippen LogP contribution in [0.15, 0.2) is 23.4 Å². The Bertz CT molecular complexity index is 278. The van der Waals surface area contributed by atoms with Crippen molar-refractivity contribution in [3.05, 3.63) is 23.9 Å². The minimum absolute atomic E-state index is 0.534. The van der Waals surface area contributed by atoms with Gasteiger partial charge in [0.05, 0.1) is 5.03 Å². The third-order valence-electron chi connectivity index (χ3n) is 2.68. The maximum absolute atomic E-state index is 4.40. The van der Waals surface area contributed by atoms with E-state index in [0.717, 1.165) is 11.6 Å². The average molecular weight is 208 g/mol. The zero-order chi connectivity index (χ0) is 9.80. The Morgan fingerprint density at radius 3 is 2.93 bits per heavy atom. The zero-order valence-corrected chi connectivity index (χ0v) is 9.31. The van der Waals surface area contributed by atoms with Crippen LogP contribution in [0, 0.1) is 0 Å². The van der Waals surface area contributed by atoms with Gasteiger partial charge in [0.2, 0.25) is 0 Å². The van der Waals surface area contributed by atoms with Crippen molar-refractivity contribution in [2.75, 3.05) is 12.8 Å². The van der Waals surface area contributed by atoms with Gasteiger partial charge in [-0.15, -0.1) is 11.8 Å². The Morgan fingerprint density at radius 1 is 1.43 bits per heavy atom. The number of thioether (sulfide) groups is 1. The van der Waals surface area contributed by atoms with Gasteiger partial charge < -0.3 is 5.32 Å². The summed E-state index contributed by atoms with van der Waals surface area (Å²) in [5.41, 5.74) is 1.34. The molecule has 1 atom stereocenters. The second-order valence-electron chi connectivity index (χ2n) is 3.64. The summed E-state index contributed by atoms with van der Waals surface area (Å²) in [6, 6.07) is 4.84. The Morgan fingerprint density at radius 2 is 2.36 bits per heavy atom. The summed E-state index contributed by atoms with van der Waals surface area (Å²) >= 11 is 1.69. The molecule has 76 valence electrons. The summed E-state index contributed by atoms with van der Waals surface area (Å²) in [7, 11) is 0. The van der Waals surface area contributed by atoms with E-state index in [1.54, 1.807) is 11.8 Å². The van der Waals surface area contributed by atoms with Gasteiger partial charge in [0.15, 0.2) is 0 Å². The smallest absolute Gasteiger partial charge is 0.0957 e. The molecule has 3 heteroatoms. The van der Waals surface area contributed by atoms with Crippen molar-refractivity contribution >= 4 is 11.8 Å². The van der Waals surface area contributed by atoms with E-state index in [1.807, 2.05) is 6.20 Å². The van der Waals surface area contributed by atoms with E-state index >= 15 is 0 Å². The van der Waals surface area contributed by atoms with E-state index in [9.17, 15) is 0 Å². The first-order valence-corrected chi connectivity index (χ1v) is 6.36. The SMILES string of the molecule is CSc1ccc([C@@H]2CCCCN2)cn1. The molecule has 0 bridgehead atoms. The van der Waals surface area contributed by atoms with Gasteiger partial charge in [0, 0.05) is 12.2 Å². The fourth-order valence-electron chi connectivity index (χ4n) is 1.85. The lowest BCUT2D eigenvalue weighted by atomic mass is 9.99. The number of hydrogen-bond donors (Lipinski definition) is 1. The Hall–Kier alpha value is -0.540. The van der Waals surface area contributed by atoms with Crippen LogP contribution < -0.4 is 5.32 Å². The lowest BCUT2D eigenvalue weighted by Crippen LogP contribution is -2.26. The van der Waals surface area contributed by atoms with Gasteiger partial charge in [-0.25, -0.2) is 4.98 Å². The zero-order valence-electron chi connectivity index (χ0n) is 8.49. The van der Waals surface area contributed by atoms with E-state index in [1.165, 1.54) is 24.8 Å². The summed E-state index contributed by atoms with van der Waals surface area (Å²) < 4.78 is 0. The summed E-state index contributed by atoms with van der Waals surface area (Å²) in [5, 5.41) is 4.63. The standard InChI is InChI=1S/C11H16N2S/c1-14-11-6-5-9(8-13-11)10-4-2-3-7-12-10/h5-6,8,10,12H,2-4,7H2,1H3/t10-/m0/s1. The molecule has 2 rings (SSSR count). The molecule has 0 unspecified atom stereocenters. The first-order chi connectivity index (χ1) is 6.90. The lowest BCUT2D eigenvalue weighted by Gasteiger charge is -2.23. The molecule has 14 heavy (non-hydrogen) atoms. The topological polar surface area (TPSA) is 24.9 Å². The van der Waals surface area contributed by atoms with Gasteiger partial charge in [0.25, 0.3) is 0 Å². The van der Waals surface area contributed by atoms with Gasteiger partial charge in [-0.05, 0) is 37.3 Å². The molecule has 0 spiro atoms. The third kappa shape index (κ3) is 2.28. The number of rotatable bonds is 2. The van der Waals surface area contributed by atoms with Crippen molar-refractivity contribution in [3.63, 3.8) is 0 Å². The number of pyridine rings is 1. The van der Waals surface area contributed by atoms with Crippen LogP contribution in [0.25, 0.3) is 0 Å². The molecule has 1 aromatic heterocycles. The second-order valence-corrected chi connectivity index (χ2v) is 4.46. The highest BCUT2D eigenvalue weighted by Crippen LogP contribution is 2.23. The van der Waals surface area contributed by atoms with Crippen molar-refractivity contribution in [1.29, 1.82) is 0 Å². The highest BCUT2D eigenvalue weighted by molar-refractivity contribution is 7.98. The maximum Gasteiger partial charge on any atom is 0.0957 e. The first kappa shape index (κ1) is 9.99. The van der Waals surface area contributed by atoms with Crippen LogP contribution in [0.1, 0.15) is 30.9 Å². The Balaban J connectivity index is 2.07. The molecule has 0 aromatic carbocycles. The van der Waals surface area contributed by atoms with E-state index < -0.39 is 0 Å². The van der Waals surface area contributed by atoms with Crippen LogP contribution in [0.5, 0.6) is 0 Å². The highest BCUT2D eigenvalue weighted by Gasteiger charge is 2.14. The average Bonchev–Trinajstić information content (AvgIpc) is 2.30. The minimum Gasteiger partial charge on any atom is -0.310 e. The van der Waals surface area contributed by atoms with E-state index in [2.05, 4.69) is 28.7 Å². The van der Waals surface area contributed by atoms with Crippen molar-refractivity contribution in [2.45, 2.75) is 30.3 Å². The molecule has 1 N–H and O–H groups in total. The largest absolute Gasteiger partial charge is 0.310 e. The van der Waals surface area contributed by atoms with E-state index in [4.69, 9.17) is 0 Å². The number of nitrogens with one attached hydrogen (secondary N) is 1. The molecule has 2 heterocycles. The van der Waals surface area contributed by atoms with Crippen LogP contribution in [-0.4, -0.2) is 17.8 Å². The molecule has 0 saturated carbocycles. The van der Waals surface area contributed by atoms with E-state index in [0.29, 0.717) is 6.04 Å². The molecule has 1 saturated heterocycles. The second kappa shape index (κ2) is 4.80. The highest BCUT2D eigenvalue weighted by atomic mass is 32.2. The summed E-state index contributed by atoms with van der Waals surface area (Å²) in [4.78, 5) is 4.40. The first-order valence-electron chi connectivity index (χ1n) is 5.13. The molecule has 1 aliphatic heterocycles. The van der Waals surface area contributed by atoms with Gasteiger partial charge in [-0.2, -0.15) is 0 Å². The molecule has 1 aliphatic rings. The molecule has 1 aromatic rings. The Labute approximate surface area is 89.5 Å². The van der Waals surface area contributed by atoms with Crippen LogP contribution in [-0.2, 0) is 0 Å². The maximum atomic E-state index is 4.40. The third-order valence-corrected chi connectivity index (χ3v) is 3.34. The molecular formula is C11H16N2S. The normalized spacial score (nSPS) is 22.2. The predicted molar refractivity (Wildman–Crippen MR) is 60.6 cm³/mol. The molecule has 0 aliphatic carbocycles. The van der Waals surface area contributed by atoms with Crippen LogP contribution in [0.3, 0.4) is 0 Å². The van der Waals surface area contributed by atoms with Crippen molar-refractivity contribution in [1.82, 2.24) is 10.3 Å². The van der Waals surface area contributed by atoms with Crippen molar-refractivity contribution in [3.8, 4) is 0 Å². The summed E-state index contributed by atoms with van der Waals surface area (Å²) in [5.74, 6) is 0. The molecule has 0 amide bonds. The van der Waals surface area contributed by atoms with E-state index in [-0.39, 0.29) is 0 Å². The molecular weight excluding hydrogens is 192 g/mol. The molecule has 0 radical (unpaired) electrons. The van der Waals surface area contributed by atoms with Crippen molar-refractivity contribution < 1.29 is 0 Å². The summed E-state index contributed by atoms with van der Waals surface area (Å²) in [6.45, 7) is 1.15. The van der Waals surface area contributed by atoms with Crippen LogP contribution in [0.4, 0.5) is 0 Å². The predicted octanol–water partition coefficient (Wildman–Crippen LogP) is 2.62. The minimum atomic E-state index is 0.534. The van der Waals surface area contributed by atoms with Gasteiger partial charge in [-0.3, -0.25) is 0 Å². The fourth-order valence-corrected chi connectivity index (χ4v) is 2.22. The Kier molecular flexibility index (Phi) is 3.43. The van der Waals surface area contributed by atoms with Gasteiger partial charge >= 0.3 is 0 Å².